The number of carbonyl (C=O) groups is 1. The van der Waals surface area contributed by atoms with Gasteiger partial charge in [0, 0.05) is 25.0 Å². The van der Waals surface area contributed by atoms with Crippen LogP contribution in [0.4, 0.5) is 0 Å². The van der Waals surface area contributed by atoms with Crippen molar-refractivity contribution in [2.75, 3.05) is 6.54 Å². The molecule has 2 aromatic rings. The normalized spacial score (nSPS) is 16.8. The minimum Gasteiger partial charge on any atom is -0.347 e. The van der Waals surface area contributed by atoms with E-state index >= 15 is 0 Å². The number of aryl methyl sites for hydroxylation is 1. The van der Waals surface area contributed by atoms with Gasteiger partial charge in [-0.05, 0) is 30.7 Å². The number of carbonyl (C=O) groups excluding carboxylic acids is 1. The number of nitrogens with two attached hydrogens (primary N) is 1. The molecule has 25 heavy (non-hydrogen) atoms. The van der Waals surface area contributed by atoms with Gasteiger partial charge in [-0.1, -0.05) is 33.1 Å². The zero-order valence-corrected chi connectivity index (χ0v) is 16.9. The molecule has 1 atom stereocenters. The Morgan fingerprint density at radius 2 is 2.08 bits per heavy atom. The molecular formula is C18H29ClN4OS. The zero-order chi connectivity index (χ0) is 17.3. The summed E-state index contributed by atoms with van der Waals surface area (Å²) < 4.78 is 1.88. The summed E-state index contributed by atoms with van der Waals surface area (Å²) in [6, 6.07) is 2.08. The van der Waals surface area contributed by atoms with Crippen molar-refractivity contribution >= 4 is 39.9 Å². The number of aromatic nitrogens is 2. The van der Waals surface area contributed by atoms with Crippen LogP contribution in [0.25, 0.3) is 10.2 Å². The zero-order valence-electron chi connectivity index (χ0n) is 15.2. The third-order valence-electron chi connectivity index (χ3n) is 5.10. The molecule has 0 aromatic carbocycles. The second-order valence-electron chi connectivity index (χ2n) is 7.21. The quantitative estimate of drug-likeness (QED) is 0.822. The van der Waals surface area contributed by atoms with Crippen LogP contribution in [0.5, 0.6) is 0 Å². The van der Waals surface area contributed by atoms with E-state index in [1.54, 1.807) is 0 Å². The highest BCUT2D eigenvalue weighted by Crippen LogP contribution is 2.32. The lowest BCUT2D eigenvalue weighted by molar-refractivity contribution is 0.0920. The lowest BCUT2D eigenvalue weighted by Crippen LogP contribution is -2.45. The first-order valence-corrected chi connectivity index (χ1v) is 9.80. The Morgan fingerprint density at radius 1 is 1.40 bits per heavy atom. The Balaban J connectivity index is 0.00000225. The summed E-state index contributed by atoms with van der Waals surface area (Å²) in [5, 5.41) is 8.87. The molecule has 140 valence electrons. The number of hydrogen-bond donors (Lipinski definition) is 2. The first-order valence-electron chi connectivity index (χ1n) is 8.98. The molecule has 7 heteroatoms. The summed E-state index contributed by atoms with van der Waals surface area (Å²) in [7, 11) is 1.94. The minimum absolute atomic E-state index is 0. The molecule has 2 heterocycles. The molecule has 1 saturated carbocycles. The second-order valence-corrected chi connectivity index (χ2v) is 8.24. The molecule has 1 fully saturated rings. The molecule has 1 aliphatic carbocycles. The molecule has 3 N–H and O–H groups in total. The maximum absolute atomic E-state index is 12.7. The van der Waals surface area contributed by atoms with Crippen LogP contribution in [0.3, 0.4) is 0 Å². The topological polar surface area (TPSA) is 72.9 Å². The Labute approximate surface area is 159 Å². The largest absolute Gasteiger partial charge is 0.347 e. The fourth-order valence-electron chi connectivity index (χ4n) is 3.75. The van der Waals surface area contributed by atoms with E-state index in [9.17, 15) is 4.79 Å². The molecule has 0 radical (unpaired) electrons. The average molecular weight is 385 g/mol. The van der Waals surface area contributed by atoms with Crippen LogP contribution in [0.15, 0.2) is 6.07 Å². The Hall–Kier alpha value is -1.11. The van der Waals surface area contributed by atoms with Crippen molar-refractivity contribution in [1.82, 2.24) is 15.1 Å². The predicted octanol–water partition coefficient (Wildman–Crippen LogP) is 3.82. The van der Waals surface area contributed by atoms with Gasteiger partial charge >= 0.3 is 0 Å². The summed E-state index contributed by atoms with van der Waals surface area (Å²) in [5.74, 6) is 0.875. The van der Waals surface area contributed by atoms with E-state index < -0.39 is 0 Å². The van der Waals surface area contributed by atoms with Crippen LogP contribution in [-0.2, 0) is 7.05 Å². The molecule has 0 aliphatic heterocycles. The molecule has 5 nitrogen and oxygen atoms in total. The molecule has 2 aromatic heterocycles. The van der Waals surface area contributed by atoms with Crippen molar-refractivity contribution in [3.63, 3.8) is 0 Å². The van der Waals surface area contributed by atoms with E-state index in [0.717, 1.165) is 20.8 Å². The van der Waals surface area contributed by atoms with E-state index in [1.807, 2.05) is 17.8 Å². The fraction of sp³-hybridized carbons (Fsp3) is 0.667. The van der Waals surface area contributed by atoms with Gasteiger partial charge in [0.1, 0.15) is 4.83 Å². The van der Waals surface area contributed by atoms with Gasteiger partial charge in [0.15, 0.2) is 0 Å². The third-order valence-corrected chi connectivity index (χ3v) is 6.30. The molecule has 1 amide bonds. The maximum atomic E-state index is 12.7. The lowest BCUT2D eigenvalue weighted by Gasteiger charge is -2.29. The molecule has 0 saturated heterocycles. The maximum Gasteiger partial charge on any atom is 0.261 e. The number of amides is 1. The second kappa shape index (κ2) is 8.52. The summed E-state index contributed by atoms with van der Waals surface area (Å²) in [4.78, 5) is 14.6. The number of hydrogen-bond acceptors (Lipinski definition) is 4. The van der Waals surface area contributed by atoms with E-state index in [2.05, 4.69) is 24.3 Å². The Kier molecular flexibility index (Phi) is 6.88. The number of thiophene rings is 1. The van der Waals surface area contributed by atoms with Crippen molar-refractivity contribution in [2.24, 2.45) is 18.7 Å². The number of fused-ring (bicyclic) bond motifs is 1. The SMILES string of the molecule is CC(C)c1nn(C)c2sc(C(=O)NC(CN)C3CCCCC3)cc12.Cl. The first-order chi connectivity index (χ1) is 11.5. The van der Waals surface area contributed by atoms with Gasteiger partial charge < -0.3 is 11.1 Å². The molecule has 1 aliphatic rings. The highest BCUT2D eigenvalue weighted by atomic mass is 35.5. The van der Waals surface area contributed by atoms with Crippen molar-refractivity contribution in [3.05, 3.63) is 16.6 Å². The van der Waals surface area contributed by atoms with Crippen LogP contribution >= 0.6 is 23.7 Å². The number of nitrogens with one attached hydrogen (secondary N) is 1. The van der Waals surface area contributed by atoms with Crippen molar-refractivity contribution < 1.29 is 4.79 Å². The third kappa shape index (κ3) is 4.18. The molecular weight excluding hydrogens is 356 g/mol. The van der Waals surface area contributed by atoms with Crippen LogP contribution in [0, 0.1) is 5.92 Å². The Morgan fingerprint density at radius 3 is 2.68 bits per heavy atom. The van der Waals surface area contributed by atoms with E-state index in [1.165, 1.54) is 43.4 Å². The highest BCUT2D eigenvalue weighted by molar-refractivity contribution is 7.20. The summed E-state index contributed by atoms with van der Waals surface area (Å²) in [6.07, 6.45) is 6.17. The standard InChI is InChI=1S/C18H28N4OS.ClH/c1-11(2)16-13-9-15(24-18(13)22(3)21-16)17(23)20-14(10-19)12-7-5-4-6-8-12;/h9,11-12,14H,4-8,10,19H2,1-3H3,(H,20,23);1H. The summed E-state index contributed by atoms with van der Waals surface area (Å²) in [6.45, 7) is 4.78. The van der Waals surface area contributed by atoms with Crippen LogP contribution in [-0.4, -0.2) is 28.3 Å². The van der Waals surface area contributed by atoms with Crippen LogP contribution < -0.4 is 11.1 Å². The Bertz CT molecular complexity index is 718. The summed E-state index contributed by atoms with van der Waals surface area (Å²) >= 11 is 1.52. The minimum atomic E-state index is 0. The van der Waals surface area contributed by atoms with Crippen molar-refractivity contribution in [1.29, 1.82) is 0 Å². The van der Waals surface area contributed by atoms with Gasteiger partial charge in [0.2, 0.25) is 0 Å². The van der Waals surface area contributed by atoms with Gasteiger partial charge in [-0.3, -0.25) is 9.48 Å². The molecule has 1 unspecified atom stereocenters. The monoisotopic (exact) mass is 384 g/mol. The number of halogens is 1. The average Bonchev–Trinajstić information content (AvgIpc) is 3.14. The molecule has 0 spiro atoms. The van der Waals surface area contributed by atoms with Gasteiger partial charge in [-0.25, -0.2) is 0 Å². The van der Waals surface area contributed by atoms with Gasteiger partial charge in [0.25, 0.3) is 5.91 Å². The lowest BCUT2D eigenvalue weighted by atomic mass is 9.84. The van der Waals surface area contributed by atoms with Crippen molar-refractivity contribution in [3.8, 4) is 0 Å². The van der Waals surface area contributed by atoms with Gasteiger partial charge in [-0.15, -0.1) is 23.7 Å². The van der Waals surface area contributed by atoms with E-state index in [-0.39, 0.29) is 24.4 Å². The number of rotatable bonds is 5. The van der Waals surface area contributed by atoms with Gasteiger partial charge in [-0.2, -0.15) is 5.10 Å². The van der Waals surface area contributed by atoms with Crippen LogP contribution in [0.1, 0.15) is 67.2 Å². The smallest absolute Gasteiger partial charge is 0.261 e. The first kappa shape index (κ1) is 20.2. The van der Waals surface area contributed by atoms with E-state index in [4.69, 9.17) is 5.73 Å². The van der Waals surface area contributed by atoms with E-state index in [0.29, 0.717) is 18.4 Å². The molecule has 3 rings (SSSR count). The van der Waals surface area contributed by atoms with Gasteiger partial charge in [0.05, 0.1) is 10.6 Å². The number of nitrogens with zero attached hydrogens (tertiary/aromatic N) is 2. The molecule has 0 bridgehead atoms. The highest BCUT2D eigenvalue weighted by Gasteiger charge is 2.25. The van der Waals surface area contributed by atoms with Crippen molar-refractivity contribution in [2.45, 2.75) is 57.9 Å². The van der Waals surface area contributed by atoms with Crippen LogP contribution in [0.2, 0.25) is 0 Å². The summed E-state index contributed by atoms with van der Waals surface area (Å²) in [5.41, 5.74) is 7.01. The fourth-order valence-corrected chi connectivity index (χ4v) is 4.73. The predicted molar refractivity (Wildman–Crippen MR) is 107 cm³/mol.